The van der Waals surface area contributed by atoms with Gasteiger partial charge in [0.15, 0.2) is 0 Å². The zero-order chi connectivity index (χ0) is 9.72. The molecule has 0 radical (unpaired) electrons. The fourth-order valence-electron chi connectivity index (χ4n) is 0.647. The van der Waals surface area contributed by atoms with E-state index >= 15 is 0 Å². The highest BCUT2D eigenvalue weighted by atomic mass is 35.5. The molecular weight excluding hydrogens is 201 g/mol. The first-order chi connectivity index (χ1) is 5.49. The highest BCUT2D eigenvalue weighted by molar-refractivity contribution is 6.40. The zero-order valence-corrected chi connectivity index (χ0v) is 8.89. The molecule has 5 heteroatoms. The van der Waals surface area contributed by atoms with Crippen molar-refractivity contribution < 1.29 is 9.53 Å². The minimum atomic E-state index is -0.730. The van der Waals surface area contributed by atoms with Gasteiger partial charge in [0.1, 0.15) is 6.10 Å². The Morgan fingerprint density at radius 3 is 2.33 bits per heavy atom. The molecule has 0 aliphatic carbocycles. The molecule has 0 heterocycles. The first kappa shape index (κ1) is 11.8. The number of rotatable bonds is 3. The van der Waals surface area contributed by atoms with E-state index in [1.54, 1.807) is 0 Å². The van der Waals surface area contributed by atoms with Gasteiger partial charge in [-0.3, -0.25) is 0 Å². The summed E-state index contributed by atoms with van der Waals surface area (Å²) < 4.78 is 5.28. The summed E-state index contributed by atoms with van der Waals surface area (Å²) in [5.41, 5.74) is 0. The van der Waals surface area contributed by atoms with Crippen molar-refractivity contribution in [2.75, 3.05) is 0 Å². The summed E-state index contributed by atoms with van der Waals surface area (Å²) in [5.74, 6) is 0.308. The van der Waals surface area contributed by atoms with E-state index < -0.39 is 6.09 Å². The molecule has 0 bridgehead atoms. The molecule has 0 fully saturated rings. The molecule has 2 unspecified atom stereocenters. The maximum atomic E-state index is 10.8. The van der Waals surface area contributed by atoms with Crippen molar-refractivity contribution in [2.24, 2.45) is 5.92 Å². The Morgan fingerprint density at radius 2 is 2.00 bits per heavy atom. The minimum absolute atomic E-state index is 0.164. The zero-order valence-electron chi connectivity index (χ0n) is 7.38. The molecule has 0 aliphatic rings. The highest BCUT2D eigenvalue weighted by Crippen LogP contribution is 2.13. The molecule has 0 aromatic rings. The van der Waals surface area contributed by atoms with Crippen molar-refractivity contribution in [1.29, 1.82) is 0 Å². The first-order valence-electron chi connectivity index (χ1n) is 3.81. The summed E-state index contributed by atoms with van der Waals surface area (Å²) >= 11 is 10.3. The molecule has 0 saturated carbocycles. The van der Waals surface area contributed by atoms with Gasteiger partial charge < -0.3 is 4.74 Å². The standard InChI is InChI=1S/C7H13Cl2NO2/c1-4-5(2)6(3)12-7(11)10(8)9/h5-6H,4H2,1-3H3. The molecule has 2 atom stereocenters. The Bertz CT molecular complexity index is 152. The summed E-state index contributed by atoms with van der Waals surface area (Å²) in [6.45, 7) is 5.82. The number of carbonyl (C=O) groups is 1. The van der Waals surface area contributed by atoms with Gasteiger partial charge in [-0.25, -0.2) is 4.79 Å². The largest absolute Gasteiger partial charge is 0.444 e. The van der Waals surface area contributed by atoms with E-state index in [1.807, 2.05) is 20.8 Å². The molecule has 12 heavy (non-hydrogen) atoms. The van der Waals surface area contributed by atoms with Crippen LogP contribution in [0.2, 0.25) is 0 Å². The third kappa shape index (κ3) is 4.02. The number of nitrogens with zero attached hydrogens (tertiary/aromatic N) is 1. The minimum Gasteiger partial charge on any atom is -0.444 e. The van der Waals surface area contributed by atoms with Gasteiger partial charge in [-0.2, -0.15) is 0 Å². The molecule has 0 rings (SSSR count). The van der Waals surface area contributed by atoms with Crippen LogP contribution < -0.4 is 0 Å². The molecule has 0 aromatic heterocycles. The van der Waals surface area contributed by atoms with Gasteiger partial charge in [-0.05, 0) is 12.8 Å². The fourth-order valence-corrected chi connectivity index (χ4v) is 0.727. The van der Waals surface area contributed by atoms with Gasteiger partial charge in [0, 0.05) is 23.6 Å². The predicted molar refractivity (Wildman–Crippen MR) is 48.9 cm³/mol. The summed E-state index contributed by atoms with van der Waals surface area (Å²) in [4.78, 5) is 10.8. The Labute approximate surface area is 82.8 Å². The average Bonchev–Trinajstić information content (AvgIpc) is 2.02. The average molecular weight is 214 g/mol. The number of amides is 1. The van der Waals surface area contributed by atoms with Crippen molar-refractivity contribution in [3.8, 4) is 0 Å². The lowest BCUT2D eigenvalue weighted by Crippen LogP contribution is -2.24. The first-order valence-corrected chi connectivity index (χ1v) is 4.49. The molecule has 0 spiro atoms. The van der Waals surface area contributed by atoms with Crippen LogP contribution in [0.4, 0.5) is 4.79 Å². The number of halogens is 2. The SMILES string of the molecule is CCC(C)C(C)OC(=O)N(Cl)Cl. The van der Waals surface area contributed by atoms with Crippen LogP contribution >= 0.6 is 23.6 Å². The Morgan fingerprint density at radius 1 is 1.50 bits per heavy atom. The van der Waals surface area contributed by atoms with Gasteiger partial charge in [0.05, 0.1) is 0 Å². The Balaban J connectivity index is 3.83. The van der Waals surface area contributed by atoms with E-state index in [4.69, 9.17) is 28.3 Å². The van der Waals surface area contributed by atoms with Crippen molar-refractivity contribution in [2.45, 2.75) is 33.3 Å². The predicted octanol–water partition coefficient (Wildman–Crippen LogP) is 3.17. The highest BCUT2D eigenvalue weighted by Gasteiger charge is 2.18. The van der Waals surface area contributed by atoms with Crippen molar-refractivity contribution >= 4 is 29.6 Å². The van der Waals surface area contributed by atoms with Crippen molar-refractivity contribution in [1.82, 2.24) is 3.94 Å². The van der Waals surface area contributed by atoms with Crippen LogP contribution in [0, 0.1) is 5.92 Å². The van der Waals surface area contributed by atoms with Crippen molar-refractivity contribution in [3.05, 3.63) is 0 Å². The molecule has 3 nitrogen and oxygen atoms in total. The topological polar surface area (TPSA) is 29.5 Å². The van der Waals surface area contributed by atoms with Crippen LogP contribution in [0.3, 0.4) is 0 Å². The number of carbonyl (C=O) groups excluding carboxylic acids is 1. The maximum absolute atomic E-state index is 10.8. The molecule has 0 aliphatic heterocycles. The van der Waals surface area contributed by atoms with E-state index in [-0.39, 0.29) is 6.10 Å². The van der Waals surface area contributed by atoms with Crippen LogP contribution in [0.25, 0.3) is 0 Å². The monoisotopic (exact) mass is 213 g/mol. The summed E-state index contributed by atoms with van der Waals surface area (Å²) in [6, 6.07) is 0. The van der Waals surface area contributed by atoms with E-state index in [2.05, 4.69) is 0 Å². The van der Waals surface area contributed by atoms with Crippen LogP contribution in [0.15, 0.2) is 0 Å². The normalized spacial score (nSPS) is 15.1. The fraction of sp³-hybridized carbons (Fsp3) is 0.857. The lowest BCUT2D eigenvalue weighted by atomic mass is 10.0. The molecule has 0 aromatic carbocycles. The summed E-state index contributed by atoms with van der Waals surface area (Å²) in [5, 5.41) is 0. The molecular formula is C7H13Cl2NO2. The van der Waals surface area contributed by atoms with E-state index in [0.29, 0.717) is 9.86 Å². The van der Waals surface area contributed by atoms with Gasteiger partial charge in [-0.1, -0.05) is 20.3 Å². The third-order valence-electron chi connectivity index (χ3n) is 1.87. The summed E-state index contributed by atoms with van der Waals surface area (Å²) in [6.07, 6.45) is 0.0487. The smallest absolute Gasteiger partial charge is 0.440 e. The van der Waals surface area contributed by atoms with Crippen molar-refractivity contribution in [3.63, 3.8) is 0 Å². The Kier molecular flexibility index (Phi) is 5.42. The lowest BCUT2D eigenvalue weighted by molar-refractivity contribution is 0.0715. The summed E-state index contributed by atoms with van der Waals surface area (Å²) in [7, 11) is 0. The van der Waals surface area contributed by atoms with E-state index in [1.165, 1.54) is 0 Å². The molecule has 1 amide bonds. The van der Waals surface area contributed by atoms with Gasteiger partial charge in [0.25, 0.3) is 0 Å². The van der Waals surface area contributed by atoms with Gasteiger partial charge in [0.2, 0.25) is 0 Å². The second-order valence-corrected chi connectivity index (χ2v) is 3.56. The van der Waals surface area contributed by atoms with Crippen LogP contribution in [0.1, 0.15) is 27.2 Å². The van der Waals surface area contributed by atoms with Gasteiger partial charge in [-0.15, -0.1) is 3.94 Å². The van der Waals surface area contributed by atoms with Crippen LogP contribution in [-0.2, 0) is 4.74 Å². The maximum Gasteiger partial charge on any atom is 0.440 e. The Hall–Kier alpha value is -0.150. The number of hydrogen-bond donors (Lipinski definition) is 0. The molecule has 72 valence electrons. The van der Waals surface area contributed by atoms with Crippen LogP contribution in [0.5, 0.6) is 0 Å². The molecule has 0 saturated heterocycles. The number of ether oxygens (including phenoxy) is 1. The number of hydrogen-bond acceptors (Lipinski definition) is 2. The van der Waals surface area contributed by atoms with E-state index in [9.17, 15) is 4.79 Å². The quantitative estimate of drug-likeness (QED) is 0.675. The van der Waals surface area contributed by atoms with E-state index in [0.717, 1.165) is 6.42 Å². The molecule has 0 N–H and O–H groups in total. The van der Waals surface area contributed by atoms with Crippen LogP contribution in [-0.4, -0.2) is 16.1 Å². The van der Waals surface area contributed by atoms with Gasteiger partial charge >= 0.3 is 6.09 Å². The second-order valence-electron chi connectivity index (χ2n) is 2.71. The second kappa shape index (κ2) is 5.49. The third-order valence-corrected chi connectivity index (χ3v) is 2.15. The lowest BCUT2D eigenvalue weighted by Gasteiger charge is -2.19.